The average molecular weight is 448 g/mol. The van der Waals surface area contributed by atoms with Gasteiger partial charge in [0.05, 0.1) is 17.4 Å². The van der Waals surface area contributed by atoms with Crippen LogP contribution in [-0.2, 0) is 14.8 Å². The molecule has 4 aromatic rings. The molecule has 0 aliphatic rings. The first-order chi connectivity index (χ1) is 15.4. The number of rotatable bonds is 8. The fraction of sp³-hybridized carbons (Fsp3) is 0.0800. The van der Waals surface area contributed by atoms with Crippen LogP contribution in [0.25, 0.3) is 10.8 Å². The van der Waals surface area contributed by atoms with E-state index in [2.05, 4.69) is 4.72 Å². The maximum absolute atomic E-state index is 13.1. The number of carboxylic acids is 1. The second-order valence-electron chi connectivity index (χ2n) is 7.27. The van der Waals surface area contributed by atoms with Crippen molar-refractivity contribution in [2.75, 3.05) is 0 Å². The number of sulfonamides is 1. The minimum atomic E-state index is -3.97. The van der Waals surface area contributed by atoms with Gasteiger partial charge in [0.2, 0.25) is 10.0 Å². The molecule has 0 bridgehead atoms. The summed E-state index contributed by atoms with van der Waals surface area (Å²) in [5.41, 5.74) is 0.491. The molecule has 0 amide bonds. The van der Waals surface area contributed by atoms with Crippen molar-refractivity contribution in [3.63, 3.8) is 0 Å². The quantitative estimate of drug-likeness (QED) is 0.391. The summed E-state index contributed by atoms with van der Waals surface area (Å²) in [4.78, 5) is 11.6. The van der Waals surface area contributed by atoms with Crippen molar-refractivity contribution in [3.8, 4) is 11.5 Å². The van der Waals surface area contributed by atoms with E-state index < -0.39 is 28.5 Å². The summed E-state index contributed by atoms with van der Waals surface area (Å²) >= 11 is 0. The van der Waals surface area contributed by atoms with E-state index in [9.17, 15) is 18.3 Å². The predicted octanol–water partition coefficient (Wildman–Crippen LogP) is 5.13. The van der Waals surface area contributed by atoms with Gasteiger partial charge in [0.25, 0.3) is 0 Å². The molecule has 4 rings (SSSR count). The van der Waals surface area contributed by atoms with Crippen LogP contribution in [0.4, 0.5) is 0 Å². The molecule has 162 valence electrons. The zero-order valence-electron chi connectivity index (χ0n) is 17.0. The van der Waals surface area contributed by atoms with Crippen molar-refractivity contribution in [2.45, 2.75) is 17.4 Å². The summed E-state index contributed by atoms with van der Waals surface area (Å²) in [5, 5.41) is 11.1. The topological polar surface area (TPSA) is 92.7 Å². The van der Waals surface area contributed by atoms with Crippen LogP contribution in [-0.4, -0.2) is 19.5 Å². The minimum absolute atomic E-state index is 0.0725. The molecule has 0 fully saturated rings. The Morgan fingerprint density at radius 3 is 2.25 bits per heavy atom. The van der Waals surface area contributed by atoms with E-state index in [-0.39, 0.29) is 4.90 Å². The second kappa shape index (κ2) is 9.21. The molecule has 2 N–H and O–H groups in total. The van der Waals surface area contributed by atoms with E-state index in [1.807, 2.05) is 42.5 Å². The molecule has 1 atom stereocenters. The van der Waals surface area contributed by atoms with Crippen molar-refractivity contribution in [3.05, 3.63) is 103 Å². The monoisotopic (exact) mass is 447 g/mol. The summed E-state index contributed by atoms with van der Waals surface area (Å²) in [7, 11) is -3.97. The van der Waals surface area contributed by atoms with Gasteiger partial charge < -0.3 is 9.84 Å². The first-order valence-corrected chi connectivity index (χ1v) is 11.4. The number of benzene rings is 4. The zero-order chi connectivity index (χ0) is 22.6. The Kier molecular flexibility index (Phi) is 6.20. The second-order valence-corrected chi connectivity index (χ2v) is 8.98. The third-order valence-corrected chi connectivity index (χ3v) is 6.42. The number of para-hydroxylation sites is 1. The molecule has 0 saturated heterocycles. The van der Waals surface area contributed by atoms with Crippen LogP contribution in [0.3, 0.4) is 0 Å². The Balaban J connectivity index is 1.63. The number of carboxylic acid groups (broad SMARTS) is 1. The van der Waals surface area contributed by atoms with Crippen LogP contribution in [0.5, 0.6) is 11.5 Å². The number of aliphatic carboxylic acids is 1. The van der Waals surface area contributed by atoms with Gasteiger partial charge in [-0.3, -0.25) is 4.79 Å². The summed E-state index contributed by atoms with van der Waals surface area (Å²) in [6.07, 6.45) is -0.415. The lowest BCUT2D eigenvalue weighted by Crippen LogP contribution is -2.30. The Morgan fingerprint density at radius 1 is 0.812 bits per heavy atom. The van der Waals surface area contributed by atoms with E-state index in [1.54, 1.807) is 48.5 Å². The van der Waals surface area contributed by atoms with Crippen molar-refractivity contribution >= 4 is 26.8 Å². The molecule has 7 heteroatoms. The Morgan fingerprint density at radius 2 is 1.50 bits per heavy atom. The highest BCUT2D eigenvalue weighted by Gasteiger charge is 2.24. The van der Waals surface area contributed by atoms with Gasteiger partial charge in [-0.2, -0.15) is 0 Å². The number of hydrogen-bond donors (Lipinski definition) is 2. The number of carbonyl (C=O) groups is 1. The summed E-state index contributed by atoms with van der Waals surface area (Å²) in [6, 6.07) is 27.2. The number of fused-ring (bicyclic) bond motifs is 1. The first kappa shape index (κ1) is 21.5. The maximum atomic E-state index is 13.1. The molecule has 0 aliphatic heterocycles. The van der Waals surface area contributed by atoms with Gasteiger partial charge in [0, 0.05) is 0 Å². The van der Waals surface area contributed by atoms with Gasteiger partial charge in [0.15, 0.2) is 0 Å². The Bertz CT molecular complexity index is 1350. The molecule has 32 heavy (non-hydrogen) atoms. The normalized spacial score (nSPS) is 12.4. The molecule has 6 nitrogen and oxygen atoms in total. The molecular weight excluding hydrogens is 426 g/mol. The number of ether oxygens (including phenoxy) is 1. The van der Waals surface area contributed by atoms with Gasteiger partial charge in [-0.1, -0.05) is 60.7 Å². The van der Waals surface area contributed by atoms with Crippen molar-refractivity contribution in [1.82, 2.24) is 4.72 Å². The van der Waals surface area contributed by atoms with Crippen molar-refractivity contribution < 1.29 is 23.1 Å². The maximum Gasteiger partial charge on any atom is 0.305 e. The molecule has 0 spiro atoms. The molecule has 0 heterocycles. The highest BCUT2D eigenvalue weighted by Crippen LogP contribution is 2.28. The van der Waals surface area contributed by atoms with Crippen LogP contribution >= 0.6 is 0 Å². The molecule has 0 aromatic heterocycles. The fourth-order valence-corrected chi connectivity index (χ4v) is 4.67. The lowest BCUT2D eigenvalue weighted by Gasteiger charge is -2.19. The zero-order valence-corrected chi connectivity index (χ0v) is 17.8. The molecular formula is C25H21NO5S. The smallest absolute Gasteiger partial charge is 0.305 e. The fourth-order valence-electron chi connectivity index (χ4n) is 3.41. The highest BCUT2D eigenvalue weighted by molar-refractivity contribution is 7.89. The largest absolute Gasteiger partial charge is 0.481 e. The van der Waals surface area contributed by atoms with E-state index in [1.165, 1.54) is 6.07 Å². The van der Waals surface area contributed by atoms with Crippen LogP contribution in [0.15, 0.2) is 102 Å². The summed E-state index contributed by atoms with van der Waals surface area (Å²) in [5.74, 6) is -0.0178. The number of nitrogens with one attached hydrogen (secondary N) is 1. The SMILES string of the molecule is O=C(O)C[C@@H](NS(=O)(=O)c1ccc2ccccc2c1)c1cccc(Oc2ccccc2)c1. The highest BCUT2D eigenvalue weighted by atomic mass is 32.2. The summed E-state index contributed by atoms with van der Waals surface area (Å²) < 4.78 is 34.5. The summed E-state index contributed by atoms with van der Waals surface area (Å²) in [6.45, 7) is 0. The van der Waals surface area contributed by atoms with Gasteiger partial charge in [-0.15, -0.1) is 0 Å². The van der Waals surface area contributed by atoms with Gasteiger partial charge in [-0.05, 0) is 52.7 Å². The van der Waals surface area contributed by atoms with Crippen LogP contribution in [0, 0.1) is 0 Å². The predicted molar refractivity (Wildman–Crippen MR) is 122 cm³/mol. The van der Waals surface area contributed by atoms with Gasteiger partial charge in [0.1, 0.15) is 11.5 Å². The first-order valence-electron chi connectivity index (χ1n) is 9.96. The van der Waals surface area contributed by atoms with Crippen LogP contribution < -0.4 is 9.46 Å². The van der Waals surface area contributed by atoms with E-state index in [0.29, 0.717) is 17.1 Å². The number of hydrogen-bond acceptors (Lipinski definition) is 4. The molecule has 4 aromatic carbocycles. The minimum Gasteiger partial charge on any atom is -0.481 e. The van der Waals surface area contributed by atoms with Crippen molar-refractivity contribution in [1.29, 1.82) is 0 Å². The molecule has 0 saturated carbocycles. The lowest BCUT2D eigenvalue weighted by atomic mass is 10.0. The van der Waals surface area contributed by atoms with Crippen LogP contribution in [0.2, 0.25) is 0 Å². The Hall–Kier alpha value is -3.68. The molecule has 0 unspecified atom stereocenters. The third kappa shape index (κ3) is 5.14. The third-order valence-electron chi connectivity index (χ3n) is 4.95. The standard InChI is InChI=1S/C25H21NO5S/c27-25(28)17-24(20-9-6-12-22(15-20)31-21-10-2-1-3-11-21)26-32(29,30)23-14-13-18-7-4-5-8-19(18)16-23/h1-16,24,26H,17H2,(H,27,28)/t24-/m1/s1. The van der Waals surface area contributed by atoms with Gasteiger partial charge >= 0.3 is 5.97 Å². The van der Waals surface area contributed by atoms with E-state index in [0.717, 1.165) is 10.8 Å². The Labute approximate surface area is 186 Å². The van der Waals surface area contributed by atoms with Gasteiger partial charge in [-0.25, -0.2) is 13.1 Å². The van der Waals surface area contributed by atoms with E-state index in [4.69, 9.17) is 4.74 Å². The average Bonchev–Trinajstić information content (AvgIpc) is 2.79. The molecule has 0 aliphatic carbocycles. The lowest BCUT2D eigenvalue weighted by molar-refractivity contribution is -0.137. The molecule has 0 radical (unpaired) electrons. The van der Waals surface area contributed by atoms with Crippen molar-refractivity contribution in [2.24, 2.45) is 0 Å². The van der Waals surface area contributed by atoms with Crippen LogP contribution in [0.1, 0.15) is 18.0 Å². The van der Waals surface area contributed by atoms with E-state index >= 15 is 0 Å².